The average Bonchev–Trinajstić information content (AvgIpc) is 2.92. The zero-order valence-corrected chi connectivity index (χ0v) is 12.8. The van der Waals surface area contributed by atoms with Crippen molar-refractivity contribution in [2.45, 2.75) is 6.92 Å². The van der Waals surface area contributed by atoms with E-state index in [1.54, 1.807) is 48.3 Å². The van der Waals surface area contributed by atoms with Gasteiger partial charge in [0.05, 0.1) is 23.0 Å². The highest BCUT2D eigenvalue weighted by Crippen LogP contribution is 2.13. The molecule has 1 aromatic heterocycles. The standard InChI is InChI=1S/C13H13BrN4O3/c1-2-21-13(20)17-16-12(19)9-3-5-11(6-4-9)18-8-10(14)7-15-18/h3-8H,2H2,1H3,(H,16,19)(H,17,20). The molecule has 2 amide bonds. The summed E-state index contributed by atoms with van der Waals surface area (Å²) in [6.45, 7) is 1.91. The van der Waals surface area contributed by atoms with Crippen molar-refractivity contribution < 1.29 is 14.3 Å². The molecular weight excluding hydrogens is 340 g/mol. The van der Waals surface area contributed by atoms with Gasteiger partial charge in [0.1, 0.15) is 0 Å². The molecule has 0 saturated carbocycles. The van der Waals surface area contributed by atoms with Crippen molar-refractivity contribution in [3.63, 3.8) is 0 Å². The molecule has 110 valence electrons. The highest BCUT2D eigenvalue weighted by atomic mass is 79.9. The molecule has 0 radical (unpaired) electrons. The monoisotopic (exact) mass is 352 g/mol. The van der Waals surface area contributed by atoms with E-state index in [0.29, 0.717) is 5.56 Å². The van der Waals surface area contributed by atoms with Gasteiger partial charge < -0.3 is 4.74 Å². The van der Waals surface area contributed by atoms with Crippen molar-refractivity contribution in [2.24, 2.45) is 0 Å². The lowest BCUT2D eigenvalue weighted by Crippen LogP contribution is -2.41. The molecule has 1 aromatic carbocycles. The van der Waals surface area contributed by atoms with E-state index in [2.05, 4.69) is 36.6 Å². The lowest BCUT2D eigenvalue weighted by Gasteiger charge is -2.07. The number of rotatable bonds is 3. The Bertz CT molecular complexity index is 639. The van der Waals surface area contributed by atoms with Crippen LogP contribution in [0.4, 0.5) is 4.79 Å². The Morgan fingerprint density at radius 3 is 2.57 bits per heavy atom. The SMILES string of the molecule is CCOC(=O)NNC(=O)c1ccc(-n2cc(Br)cn2)cc1. The molecule has 21 heavy (non-hydrogen) atoms. The number of hydrazine groups is 1. The number of carbonyl (C=O) groups is 2. The Morgan fingerprint density at radius 1 is 1.29 bits per heavy atom. The largest absolute Gasteiger partial charge is 0.449 e. The summed E-state index contributed by atoms with van der Waals surface area (Å²) in [6, 6.07) is 6.76. The van der Waals surface area contributed by atoms with Gasteiger partial charge in [0.25, 0.3) is 5.91 Å². The van der Waals surface area contributed by atoms with Crippen molar-refractivity contribution in [2.75, 3.05) is 6.61 Å². The van der Waals surface area contributed by atoms with E-state index in [1.165, 1.54) is 0 Å². The third kappa shape index (κ3) is 4.06. The highest BCUT2D eigenvalue weighted by Gasteiger charge is 2.08. The highest BCUT2D eigenvalue weighted by molar-refractivity contribution is 9.10. The van der Waals surface area contributed by atoms with E-state index in [1.807, 2.05) is 0 Å². The minimum atomic E-state index is -0.705. The lowest BCUT2D eigenvalue weighted by atomic mass is 10.2. The minimum Gasteiger partial charge on any atom is -0.449 e. The molecule has 0 fully saturated rings. The molecular formula is C13H13BrN4O3. The molecule has 8 heteroatoms. The first-order valence-electron chi connectivity index (χ1n) is 6.14. The molecule has 0 aliphatic rings. The van der Waals surface area contributed by atoms with Crippen LogP contribution in [-0.4, -0.2) is 28.4 Å². The summed E-state index contributed by atoms with van der Waals surface area (Å²) in [5.74, 6) is -0.434. The third-order valence-corrected chi connectivity index (χ3v) is 2.91. The van der Waals surface area contributed by atoms with Crippen molar-refractivity contribution in [1.29, 1.82) is 0 Å². The van der Waals surface area contributed by atoms with Crippen LogP contribution in [0.3, 0.4) is 0 Å². The molecule has 0 saturated heterocycles. The van der Waals surface area contributed by atoms with Gasteiger partial charge in [-0.25, -0.2) is 14.9 Å². The fourth-order valence-electron chi connectivity index (χ4n) is 1.55. The normalized spacial score (nSPS) is 10.0. The number of halogens is 1. The topological polar surface area (TPSA) is 85.3 Å². The van der Waals surface area contributed by atoms with Crippen LogP contribution in [0.15, 0.2) is 41.1 Å². The Labute approximate surface area is 129 Å². The third-order valence-electron chi connectivity index (χ3n) is 2.50. The number of amides is 2. The van der Waals surface area contributed by atoms with Gasteiger partial charge in [0.2, 0.25) is 0 Å². The number of aromatic nitrogens is 2. The lowest BCUT2D eigenvalue weighted by molar-refractivity contribution is 0.0912. The molecule has 0 bridgehead atoms. The Hall–Kier alpha value is -2.35. The van der Waals surface area contributed by atoms with Crippen LogP contribution in [0.1, 0.15) is 17.3 Å². The zero-order valence-electron chi connectivity index (χ0n) is 11.2. The number of nitrogens with zero attached hydrogens (tertiary/aromatic N) is 2. The van der Waals surface area contributed by atoms with Crippen LogP contribution >= 0.6 is 15.9 Å². The van der Waals surface area contributed by atoms with Gasteiger partial charge in [-0.1, -0.05) is 0 Å². The van der Waals surface area contributed by atoms with E-state index in [9.17, 15) is 9.59 Å². The van der Waals surface area contributed by atoms with Gasteiger partial charge in [-0.15, -0.1) is 0 Å². The molecule has 0 atom stereocenters. The fraction of sp³-hybridized carbons (Fsp3) is 0.154. The van der Waals surface area contributed by atoms with Gasteiger partial charge in [0, 0.05) is 11.8 Å². The molecule has 7 nitrogen and oxygen atoms in total. The van der Waals surface area contributed by atoms with E-state index in [-0.39, 0.29) is 6.61 Å². The van der Waals surface area contributed by atoms with Crippen LogP contribution in [0.5, 0.6) is 0 Å². The Morgan fingerprint density at radius 2 is 2.00 bits per heavy atom. The predicted octanol–water partition coefficient (Wildman–Crippen LogP) is 2.03. The smallest absolute Gasteiger partial charge is 0.426 e. The number of benzene rings is 1. The Kier molecular flexibility index (Phi) is 4.94. The second-order valence-corrected chi connectivity index (χ2v) is 4.87. The van der Waals surface area contributed by atoms with Gasteiger partial charge in [0.15, 0.2) is 0 Å². The van der Waals surface area contributed by atoms with Crippen molar-refractivity contribution >= 4 is 27.9 Å². The first-order chi connectivity index (χ1) is 10.1. The fourth-order valence-corrected chi connectivity index (χ4v) is 1.84. The molecule has 0 spiro atoms. The van der Waals surface area contributed by atoms with Crippen molar-refractivity contribution in [3.8, 4) is 5.69 Å². The van der Waals surface area contributed by atoms with E-state index in [0.717, 1.165) is 10.2 Å². The zero-order chi connectivity index (χ0) is 15.2. The molecule has 2 aromatic rings. The van der Waals surface area contributed by atoms with Gasteiger partial charge in [-0.3, -0.25) is 10.2 Å². The van der Waals surface area contributed by atoms with Gasteiger partial charge in [-0.2, -0.15) is 5.10 Å². The summed E-state index contributed by atoms with van der Waals surface area (Å²) in [5, 5.41) is 4.14. The molecule has 2 N–H and O–H groups in total. The van der Waals surface area contributed by atoms with E-state index in [4.69, 9.17) is 0 Å². The summed E-state index contributed by atoms with van der Waals surface area (Å²) in [5.41, 5.74) is 5.62. The first kappa shape index (κ1) is 15.0. The average molecular weight is 353 g/mol. The van der Waals surface area contributed by atoms with Crippen LogP contribution in [0.2, 0.25) is 0 Å². The maximum absolute atomic E-state index is 11.8. The molecule has 0 aliphatic carbocycles. The van der Waals surface area contributed by atoms with E-state index >= 15 is 0 Å². The first-order valence-corrected chi connectivity index (χ1v) is 6.93. The maximum Gasteiger partial charge on any atom is 0.426 e. The molecule has 0 aliphatic heterocycles. The van der Waals surface area contributed by atoms with Crippen LogP contribution in [-0.2, 0) is 4.74 Å². The summed E-state index contributed by atoms with van der Waals surface area (Å²) in [6.07, 6.45) is 2.77. The van der Waals surface area contributed by atoms with E-state index < -0.39 is 12.0 Å². The number of ether oxygens (including phenoxy) is 1. The van der Waals surface area contributed by atoms with Crippen molar-refractivity contribution in [3.05, 3.63) is 46.7 Å². The molecule has 0 unspecified atom stereocenters. The number of nitrogens with one attached hydrogen (secondary N) is 2. The van der Waals surface area contributed by atoms with Gasteiger partial charge in [-0.05, 0) is 47.1 Å². The second-order valence-electron chi connectivity index (χ2n) is 3.95. The maximum atomic E-state index is 11.8. The summed E-state index contributed by atoms with van der Waals surface area (Å²) >= 11 is 3.31. The quantitative estimate of drug-likeness (QED) is 0.827. The summed E-state index contributed by atoms with van der Waals surface area (Å²) < 4.78 is 7.16. The van der Waals surface area contributed by atoms with Crippen LogP contribution in [0, 0.1) is 0 Å². The number of hydrogen-bond acceptors (Lipinski definition) is 4. The van der Waals surface area contributed by atoms with Crippen LogP contribution in [0.25, 0.3) is 5.69 Å². The summed E-state index contributed by atoms with van der Waals surface area (Å²) in [7, 11) is 0. The van der Waals surface area contributed by atoms with Crippen LogP contribution < -0.4 is 10.9 Å². The number of carbonyl (C=O) groups excluding carboxylic acids is 2. The minimum absolute atomic E-state index is 0.232. The molecule has 1 heterocycles. The predicted molar refractivity (Wildman–Crippen MR) is 78.9 cm³/mol. The summed E-state index contributed by atoms with van der Waals surface area (Å²) in [4.78, 5) is 22.9. The molecule has 2 rings (SSSR count). The van der Waals surface area contributed by atoms with Crippen molar-refractivity contribution in [1.82, 2.24) is 20.6 Å². The number of hydrogen-bond donors (Lipinski definition) is 2. The second kappa shape index (κ2) is 6.89. The Balaban J connectivity index is 1.98. The van der Waals surface area contributed by atoms with Gasteiger partial charge >= 0.3 is 6.09 Å².